The fourth-order valence-corrected chi connectivity index (χ4v) is 2.31. The Morgan fingerprint density at radius 2 is 1.79 bits per heavy atom. The molecule has 0 fully saturated rings. The fraction of sp³-hybridized carbons (Fsp3) is 0.444. The van der Waals surface area contributed by atoms with Crippen molar-refractivity contribution in [3.05, 3.63) is 29.8 Å². The highest BCUT2D eigenvalue weighted by molar-refractivity contribution is 9.10. The lowest BCUT2D eigenvalue weighted by atomic mass is 10.0. The first kappa shape index (κ1) is 20.0. The van der Waals surface area contributed by atoms with Crippen LogP contribution in [0.2, 0.25) is 0 Å². The van der Waals surface area contributed by atoms with Gasteiger partial charge >= 0.3 is 11.9 Å². The molecule has 0 amide bonds. The van der Waals surface area contributed by atoms with Crippen molar-refractivity contribution in [2.24, 2.45) is 0 Å². The van der Waals surface area contributed by atoms with E-state index in [0.717, 1.165) is 11.3 Å². The van der Waals surface area contributed by atoms with Gasteiger partial charge in [0.2, 0.25) is 4.32 Å². The number of carbonyl (C=O) groups is 2. The Bertz CT molecular complexity index is 612. The number of rotatable bonds is 7. The van der Waals surface area contributed by atoms with Crippen molar-refractivity contribution in [1.29, 1.82) is 0 Å². The van der Waals surface area contributed by atoms with Crippen LogP contribution in [0.15, 0.2) is 24.3 Å². The number of benzene rings is 1. The summed E-state index contributed by atoms with van der Waals surface area (Å²) in [6.07, 6.45) is 0.474. The lowest BCUT2D eigenvalue weighted by molar-refractivity contribution is -0.158. The minimum atomic E-state index is -1.53. The Labute approximate surface area is 150 Å². The fourth-order valence-electron chi connectivity index (χ4n) is 1.88. The number of carbonyl (C=O) groups excluding carboxylic acids is 2. The van der Waals surface area contributed by atoms with Gasteiger partial charge in [-0.3, -0.25) is 0 Å². The Morgan fingerprint density at radius 1 is 1.17 bits per heavy atom. The van der Waals surface area contributed by atoms with Gasteiger partial charge in [0, 0.05) is 12.0 Å². The minimum absolute atomic E-state index is 0.154. The van der Waals surface area contributed by atoms with Crippen molar-refractivity contribution in [2.45, 2.75) is 31.0 Å². The number of hydrogen-bond acceptors (Lipinski definition) is 5. The van der Waals surface area contributed by atoms with Crippen LogP contribution in [0.1, 0.15) is 32.3 Å². The largest absolute Gasteiger partial charge is 0.497 e. The zero-order valence-electron chi connectivity index (χ0n) is 14.1. The summed E-state index contributed by atoms with van der Waals surface area (Å²) in [6.45, 7) is 3.72. The van der Waals surface area contributed by atoms with Crippen LogP contribution in [0.3, 0.4) is 0 Å². The van der Waals surface area contributed by atoms with Crippen molar-refractivity contribution >= 4 is 27.9 Å². The molecule has 0 aliphatic heterocycles. The molecule has 0 spiro atoms. The molecule has 0 aliphatic carbocycles. The molecule has 0 unspecified atom stereocenters. The standard InChI is InChI=1S/C18H21BrO5/c1-4-23-16(20)18(19,17(21)24-5-2)12-7-6-9-14-10-8-11-15(13-14)22-3/h8,10-11,13H,4-5,7,12H2,1-3H3. The number of ether oxygens (including phenoxy) is 3. The highest BCUT2D eigenvalue weighted by Gasteiger charge is 2.46. The average Bonchev–Trinajstić information content (AvgIpc) is 2.59. The van der Waals surface area contributed by atoms with Crippen molar-refractivity contribution in [1.82, 2.24) is 0 Å². The number of esters is 2. The van der Waals surface area contributed by atoms with Gasteiger partial charge in [-0.15, -0.1) is 0 Å². The predicted molar refractivity (Wildman–Crippen MR) is 94.0 cm³/mol. The van der Waals surface area contributed by atoms with Crippen molar-refractivity contribution in [3.8, 4) is 17.6 Å². The number of alkyl halides is 1. The number of methoxy groups -OCH3 is 1. The van der Waals surface area contributed by atoms with E-state index in [2.05, 4.69) is 27.8 Å². The van der Waals surface area contributed by atoms with Gasteiger partial charge in [0.05, 0.1) is 20.3 Å². The lowest BCUT2D eigenvalue weighted by Crippen LogP contribution is -2.43. The van der Waals surface area contributed by atoms with Crippen LogP contribution in [0.4, 0.5) is 0 Å². The number of hydrogen-bond donors (Lipinski definition) is 0. The zero-order valence-corrected chi connectivity index (χ0v) is 15.6. The maximum atomic E-state index is 12.1. The van der Waals surface area contributed by atoms with E-state index in [1.54, 1.807) is 21.0 Å². The van der Waals surface area contributed by atoms with Gasteiger partial charge in [-0.2, -0.15) is 0 Å². The van der Waals surface area contributed by atoms with Gasteiger partial charge in [0.1, 0.15) is 5.75 Å². The Kier molecular flexibility index (Phi) is 8.34. The van der Waals surface area contributed by atoms with Gasteiger partial charge in [-0.1, -0.05) is 33.8 Å². The molecule has 0 atom stereocenters. The quantitative estimate of drug-likeness (QED) is 0.306. The molecule has 0 aromatic heterocycles. The molecule has 130 valence electrons. The van der Waals surface area contributed by atoms with Crippen LogP contribution < -0.4 is 4.74 Å². The second kappa shape index (κ2) is 9.99. The molecule has 6 heteroatoms. The van der Waals surface area contributed by atoms with Crippen LogP contribution in [0.25, 0.3) is 0 Å². The third kappa shape index (κ3) is 5.57. The molecule has 0 bridgehead atoms. The topological polar surface area (TPSA) is 61.8 Å². The molecular formula is C18H21BrO5. The SMILES string of the molecule is CCOC(=O)C(Br)(CCC#Cc1cccc(OC)c1)C(=O)OCC. The van der Waals surface area contributed by atoms with Gasteiger partial charge in [0.15, 0.2) is 0 Å². The maximum Gasteiger partial charge on any atom is 0.334 e. The third-order valence-corrected chi connectivity index (χ3v) is 4.14. The molecule has 0 heterocycles. The molecule has 1 aromatic rings. The lowest BCUT2D eigenvalue weighted by Gasteiger charge is -2.22. The highest BCUT2D eigenvalue weighted by atomic mass is 79.9. The van der Waals surface area contributed by atoms with Crippen molar-refractivity contribution < 1.29 is 23.8 Å². The van der Waals surface area contributed by atoms with Crippen molar-refractivity contribution in [2.75, 3.05) is 20.3 Å². The van der Waals surface area contributed by atoms with E-state index >= 15 is 0 Å². The van der Waals surface area contributed by atoms with E-state index < -0.39 is 16.3 Å². The van der Waals surface area contributed by atoms with E-state index in [9.17, 15) is 9.59 Å². The summed E-state index contributed by atoms with van der Waals surface area (Å²) in [5, 5.41) is 0. The van der Waals surface area contributed by atoms with Crippen LogP contribution >= 0.6 is 15.9 Å². The maximum absolute atomic E-state index is 12.1. The van der Waals surface area contributed by atoms with E-state index in [1.165, 1.54) is 0 Å². The summed E-state index contributed by atoms with van der Waals surface area (Å²) in [4.78, 5) is 24.2. The second-order valence-electron chi connectivity index (χ2n) is 4.78. The summed E-state index contributed by atoms with van der Waals surface area (Å²) < 4.78 is 13.5. The Morgan fingerprint density at radius 3 is 2.33 bits per heavy atom. The molecular weight excluding hydrogens is 376 g/mol. The Hall–Kier alpha value is -2.00. The summed E-state index contributed by atoms with van der Waals surface area (Å²) >= 11 is 3.19. The molecule has 0 radical (unpaired) electrons. The van der Waals surface area contributed by atoms with Crippen LogP contribution in [-0.4, -0.2) is 36.6 Å². The molecule has 0 aliphatic rings. The smallest absolute Gasteiger partial charge is 0.334 e. The summed E-state index contributed by atoms with van der Waals surface area (Å²) in [5.74, 6) is 5.33. The third-order valence-electron chi connectivity index (χ3n) is 3.09. The van der Waals surface area contributed by atoms with Gasteiger partial charge in [-0.25, -0.2) is 9.59 Å². The second-order valence-corrected chi connectivity index (χ2v) is 6.13. The molecule has 0 N–H and O–H groups in total. The van der Waals surface area contributed by atoms with Crippen LogP contribution in [0, 0.1) is 11.8 Å². The monoisotopic (exact) mass is 396 g/mol. The first-order chi connectivity index (χ1) is 11.5. The number of halogens is 1. The summed E-state index contributed by atoms with van der Waals surface area (Å²) in [7, 11) is 1.59. The molecule has 24 heavy (non-hydrogen) atoms. The van der Waals surface area contributed by atoms with E-state index in [0.29, 0.717) is 6.42 Å². The van der Waals surface area contributed by atoms with E-state index in [4.69, 9.17) is 14.2 Å². The minimum Gasteiger partial charge on any atom is -0.497 e. The normalized spacial score (nSPS) is 10.3. The Balaban J connectivity index is 2.80. The van der Waals surface area contributed by atoms with Crippen LogP contribution in [0.5, 0.6) is 5.75 Å². The summed E-state index contributed by atoms with van der Waals surface area (Å²) in [5.41, 5.74) is 0.793. The van der Waals surface area contributed by atoms with Gasteiger partial charge in [-0.05, 0) is 38.5 Å². The molecule has 1 rings (SSSR count). The predicted octanol–water partition coefficient (Wildman–Crippen LogP) is 3.09. The van der Waals surface area contributed by atoms with Gasteiger partial charge < -0.3 is 14.2 Å². The highest BCUT2D eigenvalue weighted by Crippen LogP contribution is 2.28. The molecule has 5 nitrogen and oxygen atoms in total. The van der Waals surface area contributed by atoms with E-state index in [1.807, 2.05) is 24.3 Å². The van der Waals surface area contributed by atoms with Crippen molar-refractivity contribution in [3.63, 3.8) is 0 Å². The molecule has 1 aromatic carbocycles. The first-order valence-electron chi connectivity index (χ1n) is 7.64. The van der Waals surface area contributed by atoms with Crippen LogP contribution in [-0.2, 0) is 19.1 Å². The molecule has 0 saturated heterocycles. The van der Waals surface area contributed by atoms with Gasteiger partial charge in [0.25, 0.3) is 0 Å². The molecule has 0 saturated carbocycles. The zero-order chi connectivity index (χ0) is 18.0. The summed E-state index contributed by atoms with van der Waals surface area (Å²) in [6, 6.07) is 7.34. The van der Waals surface area contributed by atoms with E-state index in [-0.39, 0.29) is 19.6 Å². The first-order valence-corrected chi connectivity index (χ1v) is 8.43. The average molecular weight is 397 g/mol.